The molecule has 10 rings (SSSR count). The van der Waals surface area contributed by atoms with E-state index in [1.165, 1.54) is 122 Å². The van der Waals surface area contributed by atoms with Crippen molar-refractivity contribution in [2.75, 3.05) is 0 Å². The monoisotopic (exact) mass is 899 g/mol. The highest BCUT2D eigenvalue weighted by atomic mass is 15.2. The van der Waals surface area contributed by atoms with Crippen LogP contribution in [0.15, 0.2) is 104 Å². The van der Waals surface area contributed by atoms with Crippen molar-refractivity contribution in [3.63, 3.8) is 0 Å². The molecule has 1 aromatic heterocycles. The van der Waals surface area contributed by atoms with Crippen molar-refractivity contribution in [1.29, 1.82) is 0 Å². The van der Waals surface area contributed by atoms with Gasteiger partial charge in [-0.3, -0.25) is 0 Å². The molecule has 2 aliphatic carbocycles. The van der Waals surface area contributed by atoms with Crippen molar-refractivity contribution in [3.8, 4) is 45.3 Å². The van der Waals surface area contributed by atoms with Gasteiger partial charge >= 0.3 is 0 Å². The molecule has 0 atom stereocenters. The number of hydrogen-bond acceptors (Lipinski definition) is 0. The van der Waals surface area contributed by atoms with Crippen LogP contribution < -0.4 is 14.5 Å². The van der Waals surface area contributed by atoms with E-state index in [9.17, 15) is 0 Å². The Morgan fingerprint density at radius 1 is 0.382 bits per heavy atom. The van der Waals surface area contributed by atoms with E-state index >= 15 is 0 Å². The summed E-state index contributed by atoms with van der Waals surface area (Å²) in [6, 6.07) is 35.6. The summed E-state index contributed by atoms with van der Waals surface area (Å²) in [7, 11) is 0. The largest absolute Gasteiger partial charge is 0.255 e. The Kier molecular flexibility index (Phi) is 11.4. The predicted molar refractivity (Wildman–Crippen MR) is 288 cm³/mol. The molecule has 3 aliphatic rings. The molecule has 0 N–H and O–H groups in total. The third-order valence-electron chi connectivity index (χ3n) is 15.4. The second-order valence-electron chi connectivity index (χ2n) is 22.6. The van der Waals surface area contributed by atoms with Crippen LogP contribution in [0.2, 0.25) is 0 Å². The van der Waals surface area contributed by atoms with Gasteiger partial charge in [-0.25, -0.2) is 0 Å². The quantitative estimate of drug-likeness (QED) is 0.109. The lowest BCUT2D eigenvalue weighted by molar-refractivity contribution is -0.612. The molecule has 0 saturated carbocycles. The zero-order chi connectivity index (χ0) is 48.4. The number of aromatic nitrogens is 4. The summed E-state index contributed by atoms with van der Waals surface area (Å²) in [4.78, 5) is 0. The minimum atomic E-state index is 0.320. The molecule has 348 valence electrons. The van der Waals surface area contributed by atoms with Crippen LogP contribution in [0.25, 0.3) is 73.0 Å². The molecular formula is C64H74N4+2. The molecule has 0 unspecified atom stereocenters. The van der Waals surface area contributed by atoms with Crippen molar-refractivity contribution in [2.24, 2.45) is 0 Å². The molecule has 2 heterocycles. The third-order valence-corrected chi connectivity index (χ3v) is 15.4. The molecule has 0 fully saturated rings. The molecule has 7 aromatic rings. The van der Waals surface area contributed by atoms with Crippen LogP contribution in [0, 0.1) is 0 Å². The van der Waals surface area contributed by atoms with E-state index in [1.807, 2.05) is 0 Å². The summed E-state index contributed by atoms with van der Waals surface area (Å²) in [6.45, 7) is 37.7. The minimum absolute atomic E-state index is 0.320. The second-order valence-corrected chi connectivity index (χ2v) is 22.6. The van der Waals surface area contributed by atoms with Gasteiger partial charge in [-0.05, 0) is 71.6 Å². The summed E-state index contributed by atoms with van der Waals surface area (Å²) < 4.78 is 10.5. The number of fused-ring (bicyclic) bond motifs is 4. The second kappa shape index (κ2) is 16.9. The Labute approximate surface area is 406 Å². The molecule has 0 radical (unpaired) electrons. The predicted octanol–water partition coefficient (Wildman–Crippen LogP) is 16.2. The topological polar surface area (TPSA) is 17.6 Å². The van der Waals surface area contributed by atoms with Crippen LogP contribution in [0.3, 0.4) is 0 Å². The van der Waals surface area contributed by atoms with Gasteiger partial charge in [0.1, 0.15) is 33.6 Å². The number of para-hydroxylation sites is 4. The average molecular weight is 899 g/mol. The zero-order valence-electron chi connectivity index (χ0n) is 43.8. The van der Waals surface area contributed by atoms with Crippen molar-refractivity contribution < 1.29 is 9.13 Å². The molecule has 6 aromatic carbocycles. The highest BCUT2D eigenvalue weighted by molar-refractivity contribution is 6.24. The van der Waals surface area contributed by atoms with Crippen LogP contribution >= 0.6 is 0 Å². The fraction of sp³-hybridized carbons (Fsp3) is 0.375. The van der Waals surface area contributed by atoms with Crippen molar-refractivity contribution in [2.45, 2.75) is 158 Å². The van der Waals surface area contributed by atoms with E-state index in [-0.39, 0.29) is 0 Å². The van der Waals surface area contributed by atoms with Gasteiger partial charge in [0.25, 0.3) is 12.7 Å². The van der Waals surface area contributed by atoms with Crippen LogP contribution in [0.1, 0.15) is 208 Å². The number of hydrogen-bond donors (Lipinski definition) is 0. The van der Waals surface area contributed by atoms with Crippen LogP contribution in [0.5, 0.6) is 0 Å². The Hall–Kier alpha value is -6.00. The lowest BCUT2D eigenvalue weighted by atomic mass is 9.91. The van der Waals surface area contributed by atoms with E-state index in [0.717, 1.165) is 0 Å². The van der Waals surface area contributed by atoms with Gasteiger partial charge in [0, 0.05) is 77.4 Å². The van der Waals surface area contributed by atoms with Crippen LogP contribution in [0.4, 0.5) is 0 Å². The number of imidazole rings is 1. The van der Waals surface area contributed by atoms with Gasteiger partial charge in [-0.2, -0.15) is 18.3 Å². The molecule has 68 heavy (non-hydrogen) atoms. The molecule has 0 spiro atoms. The summed E-state index contributed by atoms with van der Waals surface area (Å²) in [5.41, 5.74) is 24.0. The molecular weight excluding hydrogens is 825 g/mol. The van der Waals surface area contributed by atoms with Gasteiger partial charge in [0.2, 0.25) is 0 Å². The standard InChI is InChI=1S/C64H74N4/c1-35(2)43-21-17-22-44(36(3)4)59(43)65-33-66(60-45(37(5)6)23-18-24-46(60)38(7)8)56-32-54-58-52(30-29-51-55(65)31-53(56)57(51)58)63-64(54)68(62-49(41(13)14)27-20-28-50(62)42(15)16)34-67(63)61-47(39(9)10)25-19-26-48(61)40(11)12/h17-42H,1-16H3/q+2. The molecule has 0 saturated heterocycles. The summed E-state index contributed by atoms with van der Waals surface area (Å²) >= 11 is 0. The summed E-state index contributed by atoms with van der Waals surface area (Å²) in [5, 5.41) is 5.30. The molecule has 2 bridgehead atoms. The van der Waals surface area contributed by atoms with Crippen molar-refractivity contribution >= 4 is 27.8 Å². The highest BCUT2D eigenvalue weighted by Gasteiger charge is 2.42. The first-order valence-corrected chi connectivity index (χ1v) is 25.9. The molecule has 0 amide bonds. The Morgan fingerprint density at radius 3 is 1.19 bits per heavy atom. The first-order chi connectivity index (χ1) is 32.4. The Bertz CT molecular complexity index is 3310. The van der Waals surface area contributed by atoms with Gasteiger partial charge in [0.15, 0.2) is 11.4 Å². The van der Waals surface area contributed by atoms with E-state index in [2.05, 4.69) is 239 Å². The maximum Gasteiger partial charge on any atom is 0.255 e. The van der Waals surface area contributed by atoms with Crippen molar-refractivity contribution in [3.05, 3.63) is 159 Å². The van der Waals surface area contributed by atoms with Crippen LogP contribution in [-0.4, -0.2) is 9.13 Å². The molecule has 1 aliphatic heterocycles. The van der Waals surface area contributed by atoms with Crippen molar-refractivity contribution in [1.82, 2.24) is 9.13 Å². The van der Waals surface area contributed by atoms with E-state index < -0.39 is 0 Å². The van der Waals surface area contributed by atoms with Gasteiger partial charge in [0.05, 0.1) is 0 Å². The van der Waals surface area contributed by atoms with Gasteiger partial charge in [-0.1, -0.05) is 184 Å². The van der Waals surface area contributed by atoms with Crippen LogP contribution in [-0.2, 0) is 0 Å². The normalized spacial score (nSPS) is 13.0. The minimum Gasteiger partial charge on any atom is -0.198 e. The maximum atomic E-state index is 2.63. The zero-order valence-corrected chi connectivity index (χ0v) is 43.8. The van der Waals surface area contributed by atoms with Gasteiger partial charge in [-0.15, -0.1) is 0 Å². The Morgan fingerprint density at radius 2 is 0.765 bits per heavy atom. The first kappa shape index (κ1) is 45.8. The lowest BCUT2D eigenvalue weighted by Crippen LogP contribution is -2.49. The number of rotatable bonds is 12. The van der Waals surface area contributed by atoms with E-state index in [0.29, 0.717) is 47.3 Å². The first-order valence-electron chi connectivity index (χ1n) is 25.9. The fourth-order valence-corrected chi connectivity index (χ4v) is 12.0. The fourth-order valence-electron chi connectivity index (χ4n) is 12.0. The summed E-state index contributed by atoms with van der Waals surface area (Å²) in [6.07, 6.45) is 7.50. The highest BCUT2D eigenvalue weighted by Crippen LogP contribution is 2.52. The maximum absolute atomic E-state index is 2.63. The molecule has 4 heteroatoms. The molecule has 4 nitrogen and oxygen atoms in total. The number of benzene rings is 6. The lowest BCUT2D eigenvalue weighted by Gasteiger charge is -2.21. The van der Waals surface area contributed by atoms with E-state index in [1.54, 1.807) is 0 Å². The number of nitrogens with zero attached hydrogens (tertiary/aromatic N) is 4. The third kappa shape index (κ3) is 6.82. The summed E-state index contributed by atoms with van der Waals surface area (Å²) in [5.74, 6) is 2.66. The smallest absolute Gasteiger partial charge is 0.198 e. The SMILES string of the molecule is CC(C)c1cccc(C(C)C)c1-n1c[n+](-c2c(C(C)C)cccc2C(C)C)c2c1-c1cc3c4c5c1c-2ccc5c([n+](-c1c(C(C)C)cccc1C(C)C)cn3-c1c(C(C)C)cccc1C(C)C)=C4. The average Bonchev–Trinajstić information content (AvgIpc) is 3.94. The van der Waals surface area contributed by atoms with E-state index in [4.69, 9.17) is 0 Å². The Balaban J connectivity index is 1.46. The van der Waals surface area contributed by atoms with Gasteiger partial charge < -0.3 is 0 Å².